The monoisotopic (exact) mass is 258 g/mol. The van der Waals surface area contributed by atoms with Gasteiger partial charge in [-0.1, -0.05) is 26.8 Å². The van der Waals surface area contributed by atoms with Gasteiger partial charge in [0.05, 0.1) is 6.04 Å². The second kappa shape index (κ2) is 4.64. The molecule has 1 N–H and O–H groups in total. The Kier molecular flexibility index (Phi) is 3.09. The number of rotatable bonds is 2. The van der Waals surface area contributed by atoms with Gasteiger partial charge in [0.1, 0.15) is 5.52 Å². The highest BCUT2D eigenvalue weighted by molar-refractivity contribution is 5.73. The Morgan fingerprint density at radius 2 is 2.26 bits per heavy atom. The van der Waals surface area contributed by atoms with Crippen LogP contribution in [0.15, 0.2) is 22.6 Å². The smallest absolute Gasteiger partial charge is 0.213 e. The first kappa shape index (κ1) is 12.7. The first-order valence-corrected chi connectivity index (χ1v) is 7.23. The van der Waals surface area contributed by atoms with Crippen LogP contribution < -0.4 is 5.32 Å². The van der Waals surface area contributed by atoms with E-state index in [4.69, 9.17) is 9.40 Å². The minimum absolute atomic E-state index is 0.201. The Hall–Kier alpha value is -1.35. The van der Waals surface area contributed by atoms with Gasteiger partial charge in [-0.05, 0) is 48.9 Å². The molecule has 0 saturated carbocycles. The molecule has 1 atom stereocenters. The summed E-state index contributed by atoms with van der Waals surface area (Å²) in [5.74, 6) is 0.841. The number of benzene rings is 1. The lowest BCUT2D eigenvalue weighted by atomic mass is 9.77. The normalized spacial score (nSPS) is 22.8. The van der Waals surface area contributed by atoms with Crippen LogP contribution in [0.3, 0.4) is 0 Å². The van der Waals surface area contributed by atoms with Crippen molar-refractivity contribution in [3.8, 4) is 0 Å². The van der Waals surface area contributed by atoms with Crippen molar-refractivity contribution in [1.29, 1.82) is 0 Å². The molecule has 3 nitrogen and oxygen atoms in total. The molecule has 2 heterocycles. The minimum atomic E-state index is 0.201. The summed E-state index contributed by atoms with van der Waals surface area (Å²) in [6, 6.07) is 6.52. The van der Waals surface area contributed by atoms with Gasteiger partial charge in [-0.3, -0.25) is 0 Å². The highest BCUT2D eigenvalue weighted by Gasteiger charge is 2.36. The third kappa shape index (κ3) is 2.27. The summed E-state index contributed by atoms with van der Waals surface area (Å²) in [7, 11) is 0. The maximum absolute atomic E-state index is 5.97. The molecule has 102 valence electrons. The number of hydrogen-bond acceptors (Lipinski definition) is 3. The topological polar surface area (TPSA) is 38.1 Å². The Bertz CT molecular complexity index is 585. The molecule has 1 aliphatic rings. The van der Waals surface area contributed by atoms with Crippen LogP contribution in [0, 0.1) is 5.41 Å². The third-order valence-electron chi connectivity index (χ3n) is 4.25. The molecule has 0 aliphatic carbocycles. The summed E-state index contributed by atoms with van der Waals surface area (Å²) in [5, 5.41) is 3.56. The molecule has 1 saturated heterocycles. The van der Waals surface area contributed by atoms with Gasteiger partial charge < -0.3 is 9.73 Å². The standard InChI is InChI=1S/C16H22N2O/c1-4-11-6-7-13-12(10-11)18-15(19-13)14-16(2,3)8-5-9-17-14/h6-7,10,14,17H,4-5,8-9H2,1-3H3. The Labute approximate surface area is 114 Å². The molecule has 0 spiro atoms. The predicted molar refractivity (Wildman–Crippen MR) is 77.1 cm³/mol. The third-order valence-corrected chi connectivity index (χ3v) is 4.25. The van der Waals surface area contributed by atoms with Crippen LogP contribution in [0.1, 0.15) is 51.1 Å². The largest absolute Gasteiger partial charge is 0.439 e. The second-order valence-electron chi connectivity index (χ2n) is 6.19. The Balaban J connectivity index is 2.00. The van der Waals surface area contributed by atoms with Gasteiger partial charge in [0, 0.05) is 0 Å². The Morgan fingerprint density at radius 1 is 1.42 bits per heavy atom. The van der Waals surface area contributed by atoms with Gasteiger partial charge in [0.2, 0.25) is 5.89 Å². The molecule has 1 aromatic heterocycles. The summed E-state index contributed by atoms with van der Waals surface area (Å²) in [6.45, 7) is 7.79. The van der Waals surface area contributed by atoms with E-state index in [0.29, 0.717) is 0 Å². The average molecular weight is 258 g/mol. The zero-order valence-electron chi connectivity index (χ0n) is 12.0. The molecule has 1 aliphatic heterocycles. The second-order valence-corrected chi connectivity index (χ2v) is 6.19. The molecular weight excluding hydrogens is 236 g/mol. The Morgan fingerprint density at radius 3 is 3.00 bits per heavy atom. The fourth-order valence-corrected chi connectivity index (χ4v) is 2.97. The van der Waals surface area contributed by atoms with Crippen LogP contribution >= 0.6 is 0 Å². The van der Waals surface area contributed by atoms with Gasteiger partial charge in [-0.25, -0.2) is 4.98 Å². The molecule has 3 rings (SSSR count). The first-order chi connectivity index (χ1) is 9.10. The SMILES string of the molecule is CCc1ccc2oc(C3NCCCC3(C)C)nc2c1. The summed E-state index contributed by atoms with van der Waals surface area (Å²) in [5.41, 5.74) is 3.39. The van der Waals surface area contributed by atoms with Crippen LogP contribution in [-0.2, 0) is 6.42 Å². The van der Waals surface area contributed by atoms with Crippen molar-refractivity contribution in [2.75, 3.05) is 6.54 Å². The molecule has 0 radical (unpaired) electrons. The number of nitrogens with one attached hydrogen (secondary N) is 1. The summed E-state index contributed by atoms with van der Waals surface area (Å²) in [6.07, 6.45) is 3.47. The van der Waals surface area contributed by atoms with E-state index in [1.165, 1.54) is 18.4 Å². The lowest BCUT2D eigenvalue weighted by Crippen LogP contribution is -2.39. The van der Waals surface area contributed by atoms with E-state index in [1.54, 1.807) is 0 Å². The van der Waals surface area contributed by atoms with E-state index in [1.807, 2.05) is 6.07 Å². The molecule has 1 unspecified atom stereocenters. The number of oxazole rings is 1. The highest BCUT2D eigenvalue weighted by Crippen LogP contribution is 2.40. The van der Waals surface area contributed by atoms with Crippen molar-refractivity contribution in [1.82, 2.24) is 10.3 Å². The molecule has 1 aromatic carbocycles. The van der Waals surface area contributed by atoms with E-state index >= 15 is 0 Å². The van der Waals surface area contributed by atoms with Crippen molar-refractivity contribution in [2.24, 2.45) is 5.41 Å². The number of aryl methyl sites for hydroxylation is 1. The van der Waals surface area contributed by atoms with Gasteiger partial charge in [-0.15, -0.1) is 0 Å². The van der Waals surface area contributed by atoms with Crippen LogP contribution in [-0.4, -0.2) is 11.5 Å². The molecule has 19 heavy (non-hydrogen) atoms. The molecule has 1 fully saturated rings. The van der Waals surface area contributed by atoms with E-state index in [0.717, 1.165) is 30.0 Å². The number of aromatic nitrogens is 1. The molecule has 2 aromatic rings. The molecule has 0 amide bonds. The fraction of sp³-hybridized carbons (Fsp3) is 0.562. The van der Waals surface area contributed by atoms with Crippen LogP contribution in [0.2, 0.25) is 0 Å². The lowest BCUT2D eigenvalue weighted by Gasteiger charge is -2.37. The quantitative estimate of drug-likeness (QED) is 0.889. The number of fused-ring (bicyclic) bond motifs is 1. The van der Waals surface area contributed by atoms with Crippen LogP contribution in [0.4, 0.5) is 0 Å². The molecule has 0 bridgehead atoms. The lowest BCUT2D eigenvalue weighted by molar-refractivity contribution is 0.157. The van der Waals surface area contributed by atoms with Crippen molar-refractivity contribution >= 4 is 11.1 Å². The van der Waals surface area contributed by atoms with Crippen molar-refractivity contribution in [2.45, 2.75) is 46.1 Å². The number of hydrogen-bond donors (Lipinski definition) is 1. The van der Waals surface area contributed by atoms with Gasteiger partial charge in [0.25, 0.3) is 0 Å². The summed E-state index contributed by atoms with van der Waals surface area (Å²) < 4.78 is 5.97. The molecule has 3 heteroatoms. The van der Waals surface area contributed by atoms with Crippen molar-refractivity contribution in [3.05, 3.63) is 29.7 Å². The van der Waals surface area contributed by atoms with E-state index in [9.17, 15) is 0 Å². The van der Waals surface area contributed by atoms with Gasteiger partial charge >= 0.3 is 0 Å². The number of piperidine rings is 1. The van der Waals surface area contributed by atoms with Gasteiger partial charge in [-0.2, -0.15) is 0 Å². The van der Waals surface area contributed by atoms with E-state index in [-0.39, 0.29) is 11.5 Å². The highest BCUT2D eigenvalue weighted by atomic mass is 16.3. The minimum Gasteiger partial charge on any atom is -0.439 e. The predicted octanol–water partition coefficient (Wildman–Crippen LogP) is 3.84. The van der Waals surface area contributed by atoms with Crippen LogP contribution in [0.5, 0.6) is 0 Å². The average Bonchev–Trinajstić information content (AvgIpc) is 2.80. The summed E-state index contributed by atoms with van der Waals surface area (Å²) in [4.78, 5) is 4.71. The van der Waals surface area contributed by atoms with Crippen molar-refractivity contribution < 1.29 is 4.42 Å². The zero-order chi connectivity index (χ0) is 13.5. The van der Waals surface area contributed by atoms with Gasteiger partial charge in [0.15, 0.2) is 5.58 Å². The molecular formula is C16H22N2O. The van der Waals surface area contributed by atoms with Crippen LogP contribution in [0.25, 0.3) is 11.1 Å². The maximum Gasteiger partial charge on any atom is 0.213 e. The van der Waals surface area contributed by atoms with Crippen molar-refractivity contribution in [3.63, 3.8) is 0 Å². The number of nitrogens with zero attached hydrogens (tertiary/aromatic N) is 1. The van der Waals surface area contributed by atoms with E-state index < -0.39 is 0 Å². The first-order valence-electron chi connectivity index (χ1n) is 7.23. The fourth-order valence-electron chi connectivity index (χ4n) is 2.97. The van der Waals surface area contributed by atoms with E-state index in [2.05, 4.69) is 38.2 Å². The zero-order valence-corrected chi connectivity index (χ0v) is 12.0. The maximum atomic E-state index is 5.97. The summed E-state index contributed by atoms with van der Waals surface area (Å²) >= 11 is 0.